The van der Waals surface area contributed by atoms with Gasteiger partial charge in [0.1, 0.15) is 5.54 Å². The number of aromatic nitrogens is 2. The molecule has 0 amide bonds. The summed E-state index contributed by atoms with van der Waals surface area (Å²) in [7, 11) is 0. The number of nitrogens with zero attached hydrogens (tertiary/aromatic N) is 3. The number of allylic oxidation sites excluding steroid dienone is 1. The Bertz CT molecular complexity index is 1490. The highest BCUT2D eigenvalue weighted by molar-refractivity contribution is 5.83. The van der Waals surface area contributed by atoms with Crippen molar-refractivity contribution < 1.29 is 4.92 Å². The molecule has 5 heteroatoms. The molecule has 1 aromatic heterocycles. The lowest BCUT2D eigenvalue weighted by molar-refractivity contribution is -0.384. The highest BCUT2D eigenvalue weighted by Gasteiger charge is 2.38. The number of hydrogen-bond donors (Lipinski definition) is 0. The van der Waals surface area contributed by atoms with Crippen molar-refractivity contribution in [3.05, 3.63) is 165 Å². The molecule has 1 aliphatic rings. The fourth-order valence-corrected chi connectivity index (χ4v) is 5.45. The van der Waals surface area contributed by atoms with E-state index in [1.807, 2.05) is 36.7 Å². The summed E-state index contributed by atoms with van der Waals surface area (Å²) in [4.78, 5) is 15.9. The van der Waals surface area contributed by atoms with Crippen LogP contribution in [0.15, 0.2) is 122 Å². The van der Waals surface area contributed by atoms with E-state index in [2.05, 4.69) is 83.6 Å². The van der Waals surface area contributed by atoms with Crippen LogP contribution in [0.4, 0.5) is 5.69 Å². The van der Waals surface area contributed by atoms with Gasteiger partial charge in [0.15, 0.2) is 0 Å². The van der Waals surface area contributed by atoms with E-state index in [9.17, 15) is 10.1 Å². The number of aryl methyl sites for hydroxylation is 1. The van der Waals surface area contributed by atoms with E-state index in [-0.39, 0.29) is 10.6 Å². The second-order valence-corrected chi connectivity index (χ2v) is 9.28. The molecule has 0 spiro atoms. The Morgan fingerprint density at radius 3 is 1.86 bits per heavy atom. The molecule has 0 N–H and O–H groups in total. The van der Waals surface area contributed by atoms with Crippen LogP contribution in [0.2, 0.25) is 0 Å². The van der Waals surface area contributed by atoms with Gasteiger partial charge >= 0.3 is 0 Å². The SMILES string of the molecule is O=[N+]([O-])c1ccc2c(c1)C=C(c1cn(C(c3ccccc3)(c3ccccc3)c3ccccc3)cn1)CC2. The van der Waals surface area contributed by atoms with Gasteiger partial charge in [-0.05, 0) is 52.3 Å². The molecule has 0 bridgehead atoms. The summed E-state index contributed by atoms with van der Waals surface area (Å²) in [5.74, 6) is 0. The number of hydrogen-bond acceptors (Lipinski definition) is 3. The summed E-state index contributed by atoms with van der Waals surface area (Å²) in [6.45, 7) is 0. The predicted molar refractivity (Wildman–Crippen MR) is 146 cm³/mol. The first-order valence-electron chi connectivity index (χ1n) is 12.4. The van der Waals surface area contributed by atoms with Crippen molar-refractivity contribution in [3.8, 4) is 0 Å². The maximum Gasteiger partial charge on any atom is 0.270 e. The third kappa shape index (κ3) is 3.95. The van der Waals surface area contributed by atoms with Crippen LogP contribution >= 0.6 is 0 Å². The first-order chi connectivity index (χ1) is 18.2. The average Bonchev–Trinajstić information content (AvgIpc) is 3.45. The van der Waals surface area contributed by atoms with E-state index in [0.29, 0.717) is 0 Å². The highest BCUT2D eigenvalue weighted by atomic mass is 16.6. The lowest BCUT2D eigenvalue weighted by Gasteiger charge is -2.37. The topological polar surface area (TPSA) is 61.0 Å². The number of benzene rings is 4. The Morgan fingerprint density at radius 1 is 0.757 bits per heavy atom. The molecule has 0 saturated carbocycles. The number of rotatable bonds is 6. The Morgan fingerprint density at radius 2 is 1.32 bits per heavy atom. The molecule has 37 heavy (non-hydrogen) atoms. The van der Waals surface area contributed by atoms with Gasteiger partial charge in [-0.3, -0.25) is 10.1 Å². The monoisotopic (exact) mass is 483 g/mol. The molecule has 4 aromatic carbocycles. The largest absolute Gasteiger partial charge is 0.318 e. The van der Waals surface area contributed by atoms with Gasteiger partial charge in [0.25, 0.3) is 5.69 Å². The molecule has 5 nitrogen and oxygen atoms in total. The van der Waals surface area contributed by atoms with E-state index in [4.69, 9.17) is 4.98 Å². The summed E-state index contributed by atoms with van der Waals surface area (Å²) in [5.41, 5.74) is 6.87. The van der Waals surface area contributed by atoms with E-state index in [0.717, 1.165) is 51.9 Å². The van der Waals surface area contributed by atoms with Crippen LogP contribution in [-0.4, -0.2) is 14.5 Å². The van der Waals surface area contributed by atoms with Crippen molar-refractivity contribution in [1.29, 1.82) is 0 Å². The van der Waals surface area contributed by atoms with Crippen molar-refractivity contribution in [2.75, 3.05) is 0 Å². The number of imidazole rings is 1. The Labute approximate surface area is 215 Å². The highest BCUT2D eigenvalue weighted by Crippen LogP contribution is 2.41. The van der Waals surface area contributed by atoms with Gasteiger partial charge < -0.3 is 4.57 Å². The van der Waals surface area contributed by atoms with Crippen LogP contribution < -0.4 is 0 Å². The number of non-ortho nitro benzene ring substituents is 1. The van der Waals surface area contributed by atoms with E-state index in [1.54, 1.807) is 12.1 Å². The average molecular weight is 484 g/mol. The van der Waals surface area contributed by atoms with Crippen molar-refractivity contribution in [2.45, 2.75) is 18.4 Å². The Hall–Kier alpha value is -4.77. The Kier molecular flexibility index (Phi) is 5.73. The summed E-state index contributed by atoms with van der Waals surface area (Å²) in [6.07, 6.45) is 7.73. The smallest absolute Gasteiger partial charge is 0.270 e. The van der Waals surface area contributed by atoms with E-state index in [1.165, 1.54) is 0 Å². The Balaban J connectivity index is 1.54. The van der Waals surface area contributed by atoms with Gasteiger partial charge in [-0.15, -0.1) is 0 Å². The quantitative estimate of drug-likeness (QED) is 0.147. The van der Waals surface area contributed by atoms with Gasteiger partial charge in [0, 0.05) is 18.3 Å². The molecule has 0 atom stereocenters. The lowest BCUT2D eigenvalue weighted by Crippen LogP contribution is -2.36. The number of nitro benzene ring substituents is 1. The normalized spacial score (nSPS) is 13.0. The second kappa shape index (κ2) is 9.36. The van der Waals surface area contributed by atoms with E-state index < -0.39 is 5.54 Å². The lowest BCUT2D eigenvalue weighted by atomic mass is 9.76. The number of nitro groups is 1. The van der Waals surface area contributed by atoms with Crippen LogP contribution in [0.1, 0.15) is 39.9 Å². The molecule has 0 fully saturated rings. The summed E-state index contributed by atoms with van der Waals surface area (Å²) < 4.78 is 2.20. The molecule has 6 rings (SSSR count). The first-order valence-corrected chi connectivity index (χ1v) is 12.4. The maximum atomic E-state index is 11.3. The predicted octanol–water partition coefficient (Wildman–Crippen LogP) is 7.12. The van der Waals surface area contributed by atoms with Crippen LogP contribution in [-0.2, 0) is 12.0 Å². The molecule has 180 valence electrons. The zero-order valence-electron chi connectivity index (χ0n) is 20.2. The minimum absolute atomic E-state index is 0.109. The van der Waals surface area contributed by atoms with Gasteiger partial charge in [0.05, 0.1) is 16.9 Å². The van der Waals surface area contributed by atoms with Crippen LogP contribution in [0.25, 0.3) is 11.6 Å². The van der Waals surface area contributed by atoms with Crippen LogP contribution in [0, 0.1) is 10.1 Å². The van der Waals surface area contributed by atoms with Crippen molar-refractivity contribution in [1.82, 2.24) is 9.55 Å². The second-order valence-electron chi connectivity index (χ2n) is 9.28. The van der Waals surface area contributed by atoms with Crippen LogP contribution in [0.3, 0.4) is 0 Å². The fourth-order valence-electron chi connectivity index (χ4n) is 5.45. The molecule has 0 saturated heterocycles. The van der Waals surface area contributed by atoms with E-state index >= 15 is 0 Å². The minimum Gasteiger partial charge on any atom is -0.318 e. The third-order valence-electron chi connectivity index (χ3n) is 7.21. The molecular formula is C32H25N3O2. The minimum atomic E-state index is -0.624. The van der Waals surface area contributed by atoms with Gasteiger partial charge in [-0.1, -0.05) is 97.1 Å². The molecule has 0 aliphatic heterocycles. The van der Waals surface area contributed by atoms with Gasteiger partial charge in [-0.2, -0.15) is 0 Å². The molecular weight excluding hydrogens is 458 g/mol. The molecule has 1 heterocycles. The van der Waals surface area contributed by atoms with Crippen molar-refractivity contribution >= 4 is 17.3 Å². The molecule has 0 radical (unpaired) electrons. The van der Waals surface area contributed by atoms with Gasteiger partial charge in [0.2, 0.25) is 0 Å². The summed E-state index contributed by atoms with van der Waals surface area (Å²) in [6, 6.07) is 36.6. The molecule has 1 aliphatic carbocycles. The molecule has 5 aromatic rings. The standard InChI is InChI=1S/C32H25N3O2/c36-35(37)30-19-18-24-16-17-25(20-26(24)21-30)31-22-34(23-33-31)32(27-10-4-1-5-11-27,28-12-6-2-7-13-28)29-14-8-3-9-15-29/h1-15,18-23H,16-17H2. The third-order valence-corrected chi connectivity index (χ3v) is 7.21. The maximum absolute atomic E-state index is 11.3. The summed E-state index contributed by atoms with van der Waals surface area (Å²) >= 11 is 0. The van der Waals surface area contributed by atoms with Crippen molar-refractivity contribution in [3.63, 3.8) is 0 Å². The summed E-state index contributed by atoms with van der Waals surface area (Å²) in [5, 5.41) is 11.3. The molecule has 0 unspecified atom stereocenters. The zero-order chi connectivity index (χ0) is 25.2. The number of fused-ring (bicyclic) bond motifs is 1. The first kappa shape index (κ1) is 22.7. The van der Waals surface area contributed by atoms with Crippen molar-refractivity contribution in [2.24, 2.45) is 0 Å². The fraction of sp³-hybridized carbons (Fsp3) is 0.0938. The van der Waals surface area contributed by atoms with Crippen LogP contribution in [0.5, 0.6) is 0 Å². The van der Waals surface area contributed by atoms with Gasteiger partial charge in [-0.25, -0.2) is 4.98 Å². The zero-order valence-corrected chi connectivity index (χ0v) is 20.2.